The molecule has 0 spiro atoms. The first-order chi connectivity index (χ1) is 7.66. The fraction of sp³-hybridized carbons (Fsp3) is 0.250. The molecule has 0 fully saturated rings. The van der Waals surface area contributed by atoms with E-state index in [1.807, 2.05) is 0 Å². The van der Waals surface area contributed by atoms with Gasteiger partial charge in [0.1, 0.15) is 10.7 Å². The zero-order chi connectivity index (χ0) is 11.5. The van der Waals surface area contributed by atoms with Crippen molar-refractivity contribution in [3.8, 4) is 0 Å². The van der Waals surface area contributed by atoms with Crippen molar-refractivity contribution in [2.75, 3.05) is 5.73 Å². The van der Waals surface area contributed by atoms with Crippen LogP contribution in [0.3, 0.4) is 0 Å². The van der Waals surface area contributed by atoms with Crippen LogP contribution in [0.1, 0.15) is 15.5 Å². The average Bonchev–Trinajstić information content (AvgIpc) is 2.84. The molecule has 7 nitrogen and oxygen atoms in total. The number of nitrogens with two attached hydrogens (primary N) is 1. The molecule has 2 aromatic heterocycles. The molecule has 0 aliphatic carbocycles. The second kappa shape index (κ2) is 4.27. The molecule has 0 atom stereocenters. The maximum atomic E-state index is 11.7. The molecule has 84 valence electrons. The number of nitrogens with one attached hydrogen (secondary N) is 1. The maximum absolute atomic E-state index is 11.7. The minimum Gasteiger partial charge on any atom is -0.374 e. The lowest BCUT2D eigenvalue weighted by Gasteiger charge is -2.02. The Morgan fingerprint density at radius 3 is 3.00 bits per heavy atom. The van der Waals surface area contributed by atoms with Crippen LogP contribution in [-0.4, -0.2) is 25.7 Å². The largest absolute Gasteiger partial charge is 0.374 e. The third-order valence-corrected chi connectivity index (χ3v) is 2.68. The van der Waals surface area contributed by atoms with Crippen LogP contribution in [0.15, 0.2) is 12.5 Å². The van der Waals surface area contributed by atoms with Crippen molar-refractivity contribution in [1.29, 1.82) is 0 Å². The maximum Gasteiger partial charge on any atom is 0.269 e. The molecule has 0 unspecified atom stereocenters. The van der Waals surface area contributed by atoms with Crippen LogP contribution < -0.4 is 11.1 Å². The lowest BCUT2D eigenvalue weighted by atomic mass is 10.4. The van der Waals surface area contributed by atoms with Gasteiger partial charge >= 0.3 is 0 Å². The van der Waals surface area contributed by atoms with Crippen LogP contribution in [-0.2, 0) is 13.6 Å². The van der Waals surface area contributed by atoms with Gasteiger partial charge in [0.25, 0.3) is 5.91 Å². The molecule has 3 N–H and O–H groups in total. The zero-order valence-corrected chi connectivity index (χ0v) is 9.36. The first-order valence-corrected chi connectivity index (χ1v) is 5.31. The molecule has 8 heteroatoms. The average molecular weight is 238 g/mol. The van der Waals surface area contributed by atoms with E-state index in [0.29, 0.717) is 22.4 Å². The quantitative estimate of drug-likeness (QED) is 0.770. The van der Waals surface area contributed by atoms with Gasteiger partial charge in [0.2, 0.25) is 5.13 Å². The van der Waals surface area contributed by atoms with Gasteiger partial charge in [-0.1, -0.05) is 11.3 Å². The van der Waals surface area contributed by atoms with Crippen molar-refractivity contribution in [3.05, 3.63) is 23.2 Å². The van der Waals surface area contributed by atoms with Gasteiger partial charge in [-0.15, -0.1) is 10.2 Å². The van der Waals surface area contributed by atoms with E-state index < -0.39 is 0 Å². The van der Waals surface area contributed by atoms with Gasteiger partial charge in [-0.25, -0.2) is 4.98 Å². The zero-order valence-electron chi connectivity index (χ0n) is 8.54. The highest BCUT2D eigenvalue weighted by Gasteiger charge is 2.10. The number of aromatic nitrogens is 4. The third-order valence-electron chi connectivity index (χ3n) is 1.93. The van der Waals surface area contributed by atoms with Gasteiger partial charge in [-0.2, -0.15) is 0 Å². The first-order valence-electron chi connectivity index (χ1n) is 4.49. The normalized spacial score (nSPS) is 10.3. The lowest BCUT2D eigenvalue weighted by molar-refractivity contribution is 0.0942. The van der Waals surface area contributed by atoms with Gasteiger partial charge in [-0.05, 0) is 0 Å². The van der Waals surface area contributed by atoms with E-state index in [9.17, 15) is 4.79 Å². The Labute approximate surface area is 95.3 Å². The summed E-state index contributed by atoms with van der Waals surface area (Å²) in [6, 6.07) is 0. The van der Waals surface area contributed by atoms with Crippen LogP contribution in [0.2, 0.25) is 0 Å². The number of carbonyl (C=O) groups excluding carboxylic acids is 1. The van der Waals surface area contributed by atoms with Crippen LogP contribution in [0, 0.1) is 0 Å². The predicted octanol–water partition coefficient (Wildman–Crippen LogP) is -0.216. The van der Waals surface area contributed by atoms with Crippen LogP contribution in [0.4, 0.5) is 5.13 Å². The van der Waals surface area contributed by atoms with Crippen LogP contribution in [0.5, 0.6) is 0 Å². The van der Waals surface area contributed by atoms with E-state index >= 15 is 0 Å². The second-order valence-corrected chi connectivity index (χ2v) is 4.20. The molecule has 0 saturated heterocycles. The van der Waals surface area contributed by atoms with Gasteiger partial charge in [0, 0.05) is 7.05 Å². The highest BCUT2D eigenvalue weighted by molar-refractivity contribution is 7.15. The molecular weight excluding hydrogens is 228 g/mol. The Balaban J connectivity index is 1.96. The monoisotopic (exact) mass is 238 g/mol. The number of hydrogen-bond acceptors (Lipinski definition) is 6. The third kappa shape index (κ3) is 2.16. The summed E-state index contributed by atoms with van der Waals surface area (Å²) in [5.74, 6) is -0.200. The molecule has 2 aromatic rings. The van der Waals surface area contributed by atoms with Gasteiger partial charge in [0.05, 0.1) is 19.1 Å². The Hall–Kier alpha value is -1.96. The minimum absolute atomic E-state index is 0.200. The molecule has 0 saturated carbocycles. The summed E-state index contributed by atoms with van der Waals surface area (Å²) < 4.78 is 1.64. The van der Waals surface area contributed by atoms with Crippen LogP contribution in [0.25, 0.3) is 0 Å². The summed E-state index contributed by atoms with van der Waals surface area (Å²) in [6.07, 6.45) is 3.07. The van der Waals surface area contributed by atoms with Crippen molar-refractivity contribution in [1.82, 2.24) is 25.1 Å². The predicted molar refractivity (Wildman–Crippen MR) is 58.7 cm³/mol. The summed E-state index contributed by atoms with van der Waals surface area (Å²) in [6.45, 7) is 0.318. The number of rotatable bonds is 3. The standard InChI is InChI=1S/C8H10N6OS/c1-14-4-10-2-5(14)7(15)11-3-6-12-13-8(9)16-6/h2,4H,3H2,1H3,(H2,9,13)(H,11,15). The number of nitrogens with zero attached hydrogens (tertiary/aromatic N) is 4. The van der Waals surface area contributed by atoms with Gasteiger partial charge in [0.15, 0.2) is 0 Å². The van der Waals surface area contributed by atoms with E-state index in [2.05, 4.69) is 20.5 Å². The molecule has 16 heavy (non-hydrogen) atoms. The SMILES string of the molecule is Cn1cncc1C(=O)NCc1nnc(N)s1. The first kappa shape index (κ1) is 10.6. The molecule has 2 rings (SSSR count). The fourth-order valence-electron chi connectivity index (χ4n) is 1.16. The Kier molecular flexibility index (Phi) is 2.82. The van der Waals surface area contributed by atoms with Crippen molar-refractivity contribution in [2.45, 2.75) is 6.54 Å². The molecule has 0 aliphatic rings. The Bertz CT molecular complexity index is 504. The summed E-state index contributed by atoms with van der Waals surface area (Å²) in [5, 5.41) is 11.2. The Morgan fingerprint density at radius 2 is 2.44 bits per heavy atom. The highest BCUT2D eigenvalue weighted by Crippen LogP contribution is 2.10. The summed E-state index contributed by atoms with van der Waals surface area (Å²) in [7, 11) is 1.75. The second-order valence-electron chi connectivity index (χ2n) is 3.11. The smallest absolute Gasteiger partial charge is 0.269 e. The summed E-state index contributed by atoms with van der Waals surface area (Å²) in [5.41, 5.74) is 5.92. The van der Waals surface area contributed by atoms with Crippen molar-refractivity contribution in [3.63, 3.8) is 0 Å². The number of imidazole rings is 1. The molecule has 0 aromatic carbocycles. The number of nitrogen functional groups attached to an aromatic ring is 1. The van der Waals surface area contributed by atoms with Crippen LogP contribution >= 0.6 is 11.3 Å². The van der Waals surface area contributed by atoms with E-state index in [4.69, 9.17) is 5.73 Å². The topological polar surface area (TPSA) is 98.7 Å². The van der Waals surface area contributed by atoms with Crippen molar-refractivity contribution >= 4 is 22.4 Å². The number of amides is 1. The molecule has 0 aliphatic heterocycles. The minimum atomic E-state index is -0.200. The molecule has 1 amide bonds. The molecule has 2 heterocycles. The Morgan fingerprint density at radius 1 is 1.62 bits per heavy atom. The molecular formula is C8H10N6OS. The van der Waals surface area contributed by atoms with E-state index in [1.54, 1.807) is 17.9 Å². The number of anilines is 1. The van der Waals surface area contributed by atoms with E-state index in [1.165, 1.54) is 17.5 Å². The van der Waals surface area contributed by atoms with Gasteiger partial charge in [-0.3, -0.25) is 4.79 Å². The lowest BCUT2D eigenvalue weighted by Crippen LogP contribution is -2.24. The number of hydrogen-bond donors (Lipinski definition) is 2. The van der Waals surface area contributed by atoms with Gasteiger partial charge < -0.3 is 15.6 Å². The highest BCUT2D eigenvalue weighted by atomic mass is 32.1. The van der Waals surface area contributed by atoms with Crippen molar-refractivity contribution < 1.29 is 4.79 Å². The van der Waals surface area contributed by atoms with Crippen molar-refractivity contribution in [2.24, 2.45) is 7.05 Å². The number of aryl methyl sites for hydroxylation is 1. The number of carbonyl (C=O) groups is 1. The summed E-state index contributed by atoms with van der Waals surface area (Å²) >= 11 is 1.25. The van der Waals surface area contributed by atoms with E-state index in [0.717, 1.165) is 0 Å². The fourth-order valence-corrected chi connectivity index (χ4v) is 1.71. The summed E-state index contributed by atoms with van der Waals surface area (Å²) in [4.78, 5) is 15.5. The molecule has 0 bridgehead atoms. The van der Waals surface area contributed by atoms with E-state index in [-0.39, 0.29) is 5.91 Å². The molecule has 0 radical (unpaired) electrons.